The quantitative estimate of drug-likeness (QED) is 0.773. The molecule has 1 aromatic carbocycles. The van der Waals surface area contributed by atoms with Crippen molar-refractivity contribution in [3.63, 3.8) is 0 Å². The molecule has 2 N–H and O–H groups in total. The number of aliphatic hydroxyl groups is 2. The van der Waals surface area contributed by atoms with Crippen molar-refractivity contribution in [2.75, 3.05) is 0 Å². The standard InChI is InChI=1S/C17H17BrO2/c18-15-11-9-6-8-10(11)14-16(19,7-4-2-1-3-5-7)12(8)13(9)17(14,15)20/h1-5,8-15,19-20H,6H2/t8-,9-,10+,11-,12-,13-,14+,15+,16+,17+/m0/s1. The predicted molar refractivity (Wildman–Crippen MR) is 77.1 cm³/mol. The van der Waals surface area contributed by atoms with E-state index in [1.54, 1.807) is 0 Å². The fourth-order valence-corrected chi connectivity index (χ4v) is 9.06. The first-order valence-corrected chi connectivity index (χ1v) is 8.67. The molecule has 6 bridgehead atoms. The first-order chi connectivity index (χ1) is 9.61. The molecule has 0 spiro atoms. The van der Waals surface area contributed by atoms with Gasteiger partial charge in [-0.1, -0.05) is 46.3 Å². The molecule has 0 unspecified atom stereocenters. The lowest BCUT2D eigenvalue weighted by molar-refractivity contribution is -0.0777. The monoisotopic (exact) mass is 332 g/mol. The highest BCUT2D eigenvalue weighted by Gasteiger charge is 2.92. The molecule has 0 aromatic heterocycles. The van der Waals surface area contributed by atoms with Crippen LogP contribution in [-0.2, 0) is 5.60 Å². The van der Waals surface area contributed by atoms with Gasteiger partial charge >= 0.3 is 0 Å². The Bertz CT molecular complexity index is 631. The highest BCUT2D eigenvalue weighted by Crippen LogP contribution is 2.88. The molecule has 7 rings (SSSR count). The van der Waals surface area contributed by atoms with Gasteiger partial charge in [0, 0.05) is 16.7 Å². The van der Waals surface area contributed by atoms with Crippen molar-refractivity contribution in [1.82, 2.24) is 0 Å². The Morgan fingerprint density at radius 1 is 1.00 bits per heavy atom. The first kappa shape index (κ1) is 11.2. The normalized spacial score (nSPS) is 67.0. The van der Waals surface area contributed by atoms with Crippen LogP contribution in [0.25, 0.3) is 0 Å². The molecule has 6 fully saturated rings. The van der Waals surface area contributed by atoms with Crippen LogP contribution in [0.3, 0.4) is 0 Å². The molecule has 104 valence electrons. The Morgan fingerprint density at radius 3 is 2.40 bits per heavy atom. The summed E-state index contributed by atoms with van der Waals surface area (Å²) in [6.45, 7) is 0. The van der Waals surface area contributed by atoms with E-state index in [-0.39, 0.29) is 16.7 Å². The molecule has 6 saturated carbocycles. The second-order valence-electron chi connectivity index (χ2n) is 7.73. The van der Waals surface area contributed by atoms with Gasteiger partial charge in [-0.15, -0.1) is 0 Å². The highest BCUT2D eigenvalue weighted by atomic mass is 79.9. The Kier molecular flexibility index (Phi) is 1.63. The Balaban J connectivity index is 1.65. The molecule has 0 heterocycles. The van der Waals surface area contributed by atoms with Gasteiger partial charge in [0.05, 0.1) is 11.2 Å². The van der Waals surface area contributed by atoms with E-state index in [2.05, 4.69) is 28.1 Å². The molecule has 6 aliphatic carbocycles. The third-order valence-corrected chi connectivity index (χ3v) is 9.05. The number of hydrogen-bond donors (Lipinski definition) is 2. The molecule has 6 aliphatic rings. The molecule has 20 heavy (non-hydrogen) atoms. The van der Waals surface area contributed by atoms with Gasteiger partial charge in [0.15, 0.2) is 0 Å². The van der Waals surface area contributed by atoms with Gasteiger partial charge in [-0.3, -0.25) is 0 Å². The number of hydrogen-bond acceptors (Lipinski definition) is 2. The van der Waals surface area contributed by atoms with Crippen molar-refractivity contribution in [3.8, 4) is 0 Å². The second-order valence-corrected chi connectivity index (χ2v) is 8.71. The van der Waals surface area contributed by atoms with Crippen LogP contribution in [0.2, 0.25) is 0 Å². The van der Waals surface area contributed by atoms with E-state index in [0.29, 0.717) is 29.6 Å². The Morgan fingerprint density at radius 2 is 1.70 bits per heavy atom. The van der Waals surface area contributed by atoms with E-state index < -0.39 is 11.2 Å². The smallest absolute Gasteiger partial charge is 0.0989 e. The molecule has 10 atom stereocenters. The average Bonchev–Trinajstić information content (AvgIpc) is 3.16. The van der Waals surface area contributed by atoms with E-state index in [9.17, 15) is 10.2 Å². The van der Waals surface area contributed by atoms with Gasteiger partial charge in [-0.2, -0.15) is 0 Å². The van der Waals surface area contributed by atoms with E-state index in [1.807, 2.05) is 18.2 Å². The van der Waals surface area contributed by atoms with Gasteiger partial charge in [-0.05, 0) is 41.6 Å². The zero-order valence-corrected chi connectivity index (χ0v) is 12.6. The van der Waals surface area contributed by atoms with Crippen LogP contribution in [0, 0.1) is 41.4 Å². The maximum Gasteiger partial charge on any atom is 0.0989 e. The zero-order valence-electron chi connectivity index (χ0n) is 11.0. The van der Waals surface area contributed by atoms with E-state index in [4.69, 9.17) is 0 Å². The van der Waals surface area contributed by atoms with Gasteiger partial charge in [0.25, 0.3) is 0 Å². The third-order valence-electron chi connectivity index (χ3n) is 7.70. The summed E-state index contributed by atoms with van der Waals surface area (Å²) in [5, 5.41) is 23.0. The summed E-state index contributed by atoms with van der Waals surface area (Å²) in [5.41, 5.74) is -0.420. The molecule has 2 nitrogen and oxygen atoms in total. The molecular formula is C17H17BrO2. The van der Waals surface area contributed by atoms with Crippen molar-refractivity contribution in [2.24, 2.45) is 41.4 Å². The number of halogens is 1. The summed E-state index contributed by atoms with van der Waals surface area (Å²) in [6.07, 6.45) is 1.24. The molecule has 0 amide bonds. The van der Waals surface area contributed by atoms with Crippen LogP contribution in [0.1, 0.15) is 12.0 Å². The molecule has 0 aliphatic heterocycles. The predicted octanol–water partition coefficient (Wildman–Crippen LogP) is 2.14. The van der Waals surface area contributed by atoms with Crippen LogP contribution >= 0.6 is 15.9 Å². The SMILES string of the molecule is O[C@]1(c2ccccc2)[C@H]2[C@H]3C[C@H]4[C@H]5[C@@H]3[C@H]1[C@](O)([C@@H]42)[C@@H]5Br. The van der Waals surface area contributed by atoms with Crippen LogP contribution in [-0.4, -0.2) is 20.6 Å². The molecule has 0 radical (unpaired) electrons. The van der Waals surface area contributed by atoms with Gasteiger partial charge in [0.2, 0.25) is 0 Å². The van der Waals surface area contributed by atoms with Crippen molar-refractivity contribution in [2.45, 2.75) is 22.5 Å². The largest absolute Gasteiger partial charge is 0.388 e. The summed E-state index contributed by atoms with van der Waals surface area (Å²) in [5.74, 6) is 3.09. The fourth-order valence-electron chi connectivity index (χ4n) is 7.73. The minimum absolute atomic E-state index is 0.0468. The summed E-state index contributed by atoms with van der Waals surface area (Å²) in [6, 6.07) is 10.1. The highest BCUT2D eigenvalue weighted by molar-refractivity contribution is 9.09. The number of rotatable bonds is 1. The minimum atomic E-state index is -0.790. The van der Waals surface area contributed by atoms with Gasteiger partial charge < -0.3 is 10.2 Å². The van der Waals surface area contributed by atoms with Crippen molar-refractivity contribution in [1.29, 1.82) is 0 Å². The minimum Gasteiger partial charge on any atom is -0.388 e. The fraction of sp³-hybridized carbons (Fsp3) is 0.647. The van der Waals surface area contributed by atoms with Crippen LogP contribution < -0.4 is 0 Å². The average molecular weight is 333 g/mol. The molecule has 0 saturated heterocycles. The summed E-state index contributed by atoms with van der Waals surface area (Å²) in [7, 11) is 0. The number of alkyl halides is 1. The van der Waals surface area contributed by atoms with Crippen molar-refractivity contribution >= 4 is 15.9 Å². The van der Waals surface area contributed by atoms with E-state index >= 15 is 0 Å². The van der Waals surface area contributed by atoms with Gasteiger partial charge in [0.1, 0.15) is 0 Å². The lowest BCUT2D eigenvalue weighted by Gasteiger charge is -2.38. The zero-order chi connectivity index (χ0) is 13.4. The lowest BCUT2D eigenvalue weighted by Crippen LogP contribution is -2.47. The third kappa shape index (κ3) is 0.768. The van der Waals surface area contributed by atoms with Crippen LogP contribution in [0.4, 0.5) is 0 Å². The number of benzene rings is 1. The first-order valence-electron chi connectivity index (χ1n) is 7.75. The van der Waals surface area contributed by atoms with Crippen molar-refractivity contribution in [3.05, 3.63) is 35.9 Å². The second kappa shape index (κ2) is 2.90. The van der Waals surface area contributed by atoms with Crippen LogP contribution in [0.15, 0.2) is 30.3 Å². The van der Waals surface area contributed by atoms with E-state index in [1.165, 1.54) is 6.42 Å². The van der Waals surface area contributed by atoms with Gasteiger partial charge in [-0.25, -0.2) is 0 Å². The summed E-state index contributed by atoms with van der Waals surface area (Å²) >= 11 is 3.81. The topological polar surface area (TPSA) is 40.5 Å². The maximum absolute atomic E-state index is 11.6. The summed E-state index contributed by atoms with van der Waals surface area (Å²) < 4.78 is 0. The molecule has 3 heteroatoms. The molecule has 1 aromatic rings. The van der Waals surface area contributed by atoms with E-state index in [0.717, 1.165) is 5.56 Å². The maximum atomic E-state index is 11.6. The Hall–Kier alpha value is -0.380. The summed E-state index contributed by atoms with van der Waals surface area (Å²) in [4.78, 5) is 0.202. The molecular weight excluding hydrogens is 316 g/mol. The Labute approximate surface area is 126 Å². The van der Waals surface area contributed by atoms with Crippen molar-refractivity contribution < 1.29 is 10.2 Å². The lowest BCUT2D eigenvalue weighted by atomic mass is 9.69. The van der Waals surface area contributed by atoms with Crippen LogP contribution in [0.5, 0.6) is 0 Å².